The Morgan fingerprint density at radius 3 is 2.44 bits per heavy atom. The van der Waals surface area contributed by atoms with Gasteiger partial charge in [-0.15, -0.1) is 0 Å². The first-order valence-electron chi connectivity index (χ1n) is 15.1. The van der Waals surface area contributed by atoms with Crippen LogP contribution in [0.1, 0.15) is 76.3 Å². The van der Waals surface area contributed by atoms with E-state index in [0.29, 0.717) is 38.1 Å². The van der Waals surface area contributed by atoms with E-state index in [1.807, 2.05) is 30.9 Å². The number of anilines is 1. The summed E-state index contributed by atoms with van der Waals surface area (Å²) in [5.74, 6) is 0.223. The highest BCUT2D eigenvalue weighted by Gasteiger charge is 2.35. The van der Waals surface area contributed by atoms with Crippen LogP contribution in [0, 0.1) is 5.92 Å². The molecule has 39 heavy (non-hydrogen) atoms. The number of hydrogen-bond acceptors (Lipinski definition) is 4. The summed E-state index contributed by atoms with van der Waals surface area (Å²) >= 11 is 0. The van der Waals surface area contributed by atoms with E-state index >= 15 is 0 Å². The Kier molecular flexibility index (Phi) is 9.36. The van der Waals surface area contributed by atoms with Gasteiger partial charge in [-0.3, -0.25) is 14.5 Å². The third kappa shape index (κ3) is 6.90. The number of nitrogens with zero attached hydrogens (tertiary/aromatic N) is 3. The topological polar surface area (TPSA) is 53.1 Å². The monoisotopic (exact) mass is 531 g/mol. The van der Waals surface area contributed by atoms with Crippen LogP contribution in [-0.2, 0) is 27.4 Å². The highest BCUT2D eigenvalue weighted by molar-refractivity contribution is 5.95. The molecule has 2 amide bonds. The van der Waals surface area contributed by atoms with Crippen LogP contribution in [-0.4, -0.2) is 59.5 Å². The Morgan fingerprint density at radius 1 is 0.897 bits per heavy atom. The Hall–Kier alpha value is -2.70. The van der Waals surface area contributed by atoms with Crippen LogP contribution < -0.4 is 4.90 Å². The van der Waals surface area contributed by atoms with Crippen LogP contribution in [0.2, 0.25) is 0 Å². The van der Waals surface area contributed by atoms with Crippen LogP contribution in [0.25, 0.3) is 0 Å². The minimum Gasteiger partial charge on any atom is -0.378 e. The molecule has 2 aromatic carbocycles. The summed E-state index contributed by atoms with van der Waals surface area (Å²) < 4.78 is 5.98. The van der Waals surface area contributed by atoms with Crippen LogP contribution in [0.5, 0.6) is 0 Å². The Balaban J connectivity index is 1.50. The van der Waals surface area contributed by atoms with E-state index in [0.717, 1.165) is 69.3 Å². The Bertz CT molecular complexity index is 1100. The van der Waals surface area contributed by atoms with Gasteiger partial charge in [0.25, 0.3) is 0 Å². The third-order valence-electron chi connectivity index (χ3n) is 8.77. The molecule has 0 radical (unpaired) electrons. The maximum Gasteiger partial charge on any atom is 0.229 e. The summed E-state index contributed by atoms with van der Waals surface area (Å²) in [7, 11) is 0. The highest BCUT2D eigenvalue weighted by Crippen LogP contribution is 2.32. The lowest BCUT2D eigenvalue weighted by Gasteiger charge is -2.44. The normalized spacial score (nSPS) is 24.6. The van der Waals surface area contributed by atoms with Crippen molar-refractivity contribution in [3.8, 4) is 0 Å². The molecule has 3 atom stereocenters. The van der Waals surface area contributed by atoms with Gasteiger partial charge in [0.2, 0.25) is 11.8 Å². The lowest BCUT2D eigenvalue weighted by molar-refractivity contribution is -0.137. The van der Waals surface area contributed by atoms with Gasteiger partial charge in [-0.1, -0.05) is 68.8 Å². The zero-order valence-corrected chi connectivity index (χ0v) is 23.8. The van der Waals surface area contributed by atoms with Crippen molar-refractivity contribution in [1.82, 2.24) is 9.80 Å². The predicted octanol–water partition coefficient (Wildman–Crippen LogP) is 5.79. The van der Waals surface area contributed by atoms with Gasteiger partial charge in [-0.25, -0.2) is 0 Å². The molecule has 5 rings (SSSR count). The third-order valence-corrected chi connectivity index (χ3v) is 8.77. The maximum atomic E-state index is 13.9. The molecule has 2 saturated heterocycles. The summed E-state index contributed by atoms with van der Waals surface area (Å²) in [6.45, 7) is 7.51. The molecule has 3 aliphatic rings. The minimum atomic E-state index is -0.0936. The van der Waals surface area contributed by atoms with Gasteiger partial charge in [0.15, 0.2) is 0 Å². The number of fused-ring (bicyclic) bond motifs is 3. The van der Waals surface area contributed by atoms with Gasteiger partial charge in [0.1, 0.15) is 0 Å². The van der Waals surface area contributed by atoms with Crippen molar-refractivity contribution in [3.63, 3.8) is 0 Å². The summed E-state index contributed by atoms with van der Waals surface area (Å²) in [5.41, 5.74) is 3.31. The second-order valence-electron chi connectivity index (χ2n) is 11.9. The van der Waals surface area contributed by atoms with E-state index in [-0.39, 0.29) is 23.8 Å². The Labute approximate surface area is 234 Å². The Morgan fingerprint density at radius 2 is 1.67 bits per heavy atom. The number of hydrogen-bond donors (Lipinski definition) is 0. The first-order chi connectivity index (χ1) is 19.0. The number of benzene rings is 2. The number of amides is 2. The molecule has 0 aliphatic carbocycles. The summed E-state index contributed by atoms with van der Waals surface area (Å²) in [5, 5.41) is 0. The smallest absolute Gasteiger partial charge is 0.229 e. The number of carbonyl (C=O) groups is 2. The second kappa shape index (κ2) is 13.1. The van der Waals surface area contributed by atoms with Crippen LogP contribution in [0.3, 0.4) is 0 Å². The van der Waals surface area contributed by atoms with E-state index in [9.17, 15) is 9.59 Å². The number of carbonyl (C=O) groups excluding carboxylic acids is 2. The predicted molar refractivity (Wildman–Crippen MR) is 155 cm³/mol. The number of piperidine rings is 1. The molecular weight excluding hydrogens is 486 g/mol. The first kappa shape index (κ1) is 27.9. The standard InChI is InChI=1S/C33H45N3O3/c1-25(2)33(38)35-19-18-28-14-10-15-29(36(28)22-26-11-4-3-5-12-26)24-34(23-27-13-6-7-17-31(27)35)32(37)21-30-16-8-9-20-39-30/h3-7,11-13,17,25,28-30H,8-10,14-16,18-24H2,1-2H3. The number of rotatable bonds is 5. The number of para-hydroxylation sites is 1. The van der Waals surface area contributed by atoms with Crippen molar-refractivity contribution >= 4 is 17.5 Å². The molecule has 2 aromatic rings. The minimum absolute atomic E-state index is 0.0122. The van der Waals surface area contributed by atoms with Crippen molar-refractivity contribution < 1.29 is 14.3 Å². The summed E-state index contributed by atoms with van der Waals surface area (Å²) in [6.07, 6.45) is 7.91. The van der Waals surface area contributed by atoms with E-state index in [1.54, 1.807) is 0 Å². The zero-order valence-electron chi connectivity index (χ0n) is 23.8. The fraction of sp³-hybridized carbons (Fsp3) is 0.576. The molecule has 0 spiro atoms. The van der Waals surface area contributed by atoms with Gasteiger partial charge < -0.3 is 14.5 Å². The van der Waals surface area contributed by atoms with Crippen molar-refractivity contribution in [2.75, 3.05) is 24.6 Å². The first-order valence-corrected chi connectivity index (χ1v) is 15.1. The molecule has 210 valence electrons. The average Bonchev–Trinajstić information content (AvgIpc) is 2.96. The van der Waals surface area contributed by atoms with Crippen LogP contribution >= 0.6 is 0 Å². The largest absolute Gasteiger partial charge is 0.378 e. The molecule has 6 nitrogen and oxygen atoms in total. The van der Waals surface area contributed by atoms with Crippen molar-refractivity contribution in [2.24, 2.45) is 5.92 Å². The van der Waals surface area contributed by atoms with Crippen molar-refractivity contribution in [2.45, 2.75) is 96.5 Å². The highest BCUT2D eigenvalue weighted by atomic mass is 16.5. The van der Waals surface area contributed by atoms with Gasteiger partial charge >= 0.3 is 0 Å². The zero-order chi connectivity index (χ0) is 27.2. The molecule has 2 fully saturated rings. The average molecular weight is 532 g/mol. The van der Waals surface area contributed by atoms with Gasteiger partial charge in [0.05, 0.1) is 12.5 Å². The van der Waals surface area contributed by atoms with Crippen LogP contribution in [0.15, 0.2) is 54.6 Å². The summed E-state index contributed by atoms with van der Waals surface area (Å²) in [4.78, 5) is 34.2. The molecule has 3 heterocycles. The SMILES string of the molecule is CC(C)C(=O)N1CCC2CCCC(CN(C(=O)CC3CCCCO3)Cc3ccccc31)N2Cc1ccccc1. The van der Waals surface area contributed by atoms with Crippen molar-refractivity contribution in [1.29, 1.82) is 0 Å². The van der Waals surface area contributed by atoms with Gasteiger partial charge in [0, 0.05) is 56.5 Å². The quantitative estimate of drug-likeness (QED) is 0.490. The fourth-order valence-electron chi connectivity index (χ4n) is 6.63. The molecule has 3 aliphatic heterocycles. The fourth-order valence-corrected chi connectivity index (χ4v) is 6.63. The second-order valence-corrected chi connectivity index (χ2v) is 11.9. The lowest BCUT2D eigenvalue weighted by atomic mass is 9.92. The molecule has 0 N–H and O–H groups in total. The van der Waals surface area contributed by atoms with Crippen LogP contribution in [0.4, 0.5) is 5.69 Å². The lowest BCUT2D eigenvalue weighted by Crippen LogP contribution is -2.52. The molecular formula is C33H45N3O3. The molecule has 3 unspecified atom stereocenters. The van der Waals surface area contributed by atoms with Crippen molar-refractivity contribution in [3.05, 3.63) is 65.7 Å². The summed E-state index contributed by atoms with van der Waals surface area (Å²) in [6, 6.07) is 19.6. The van der Waals surface area contributed by atoms with E-state index in [1.165, 1.54) is 5.56 Å². The van der Waals surface area contributed by atoms with E-state index in [2.05, 4.69) is 52.3 Å². The van der Waals surface area contributed by atoms with Gasteiger partial charge in [-0.2, -0.15) is 0 Å². The maximum absolute atomic E-state index is 13.9. The molecule has 6 heteroatoms. The molecule has 0 saturated carbocycles. The van der Waals surface area contributed by atoms with E-state index < -0.39 is 0 Å². The molecule has 0 aromatic heterocycles. The number of ether oxygens (including phenoxy) is 1. The van der Waals surface area contributed by atoms with E-state index in [4.69, 9.17) is 4.74 Å². The van der Waals surface area contributed by atoms with Gasteiger partial charge in [-0.05, 0) is 55.7 Å². The molecule has 2 bridgehead atoms.